The van der Waals surface area contributed by atoms with E-state index < -0.39 is 0 Å². The van der Waals surface area contributed by atoms with E-state index in [4.69, 9.17) is 5.11 Å². The fourth-order valence-electron chi connectivity index (χ4n) is 2.29. The van der Waals surface area contributed by atoms with Crippen molar-refractivity contribution in [2.45, 2.75) is 13.0 Å². The van der Waals surface area contributed by atoms with E-state index in [2.05, 4.69) is 10.3 Å². The first-order valence-corrected chi connectivity index (χ1v) is 7.13. The van der Waals surface area contributed by atoms with Gasteiger partial charge in [0.05, 0.1) is 17.6 Å². The monoisotopic (exact) mass is 295 g/mol. The first-order valence-electron chi connectivity index (χ1n) is 7.13. The van der Waals surface area contributed by atoms with Gasteiger partial charge in [0.25, 0.3) is 5.91 Å². The Balaban J connectivity index is 1.87. The molecule has 112 valence electrons. The summed E-state index contributed by atoms with van der Waals surface area (Å²) in [5.41, 5.74) is 3.46. The highest BCUT2D eigenvalue weighted by atomic mass is 16.3. The molecule has 2 N–H and O–H groups in total. The molecule has 1 atom stereocenters. The fraction of sp³-hybridized carbons (Fsp3) is 0.176. The molecule has 22 heavy (non-hydrogen) atoms. The molecule has 0 saturated carbocycles. The lowest BCUT2D eigenvalue weighted by atomic mass is 10.1. The molecule has 2 aromatic carbocycles. The Hall–Kier alpha value is -2.66. The van der Waals surface area contributed by atoms with Crippen LogP contribution in [0.25, 0.3) is 16.7 Å². The Morgan fingerprint density at radius 2 is 1.95 bits per heavy atom. The summed E-state index contributed by atoms with van der Waals surface area (Å²) in [6.45, 7) is 1.68. The minimum atomic E-state index is -0.259. The van der Waals surface area contributed by atoms with Crippen molar-refractivity contribution in [3.05, 3.63) is 60.4 Å². The summed E-state index contributed by atoms with van der Waals surface area (Å²) < 4.78 is 1.98. The highest BCUT2D eigenvalue weighted by Gasteiger charge is 2.09. The van der Waals surface area contributed by atoms with Crippen molar-refractivity contribution < 1.29 is 9.90 Å². The molecule has 1 unspecified atom stereocenters. The molecule has 3 aromatic rings. The van der Waals surface area contributed by atoms with Gasteiger partial charge in [-0.25, -0.2) is 4.98 Å². The van der Waals surface area contributed by atoms with Crippen molar-refractivity contribution in [2.75, 3.05) is 6.61 Å². The molecule has 0 aliphatic heterocycles. The molecule has 1 heterocycles. The van der Waals surface area contributed by atoms with Crippen molar-refractivity contribution >= 4 is 16.9 Å². The zero-order valence-electron chi connectivity index (χ0n) is 12.2. The van der Waals surface area contributed by atoms with Gasteiger partial charge in [-0.15, -0.1) is 0 Å². The largest absolute Gasteiger partial charge is 0.394 e. The molecule has 0 saturated heterocycles. The molecule has 0 aliphatic rings. The van der Waals surface area contributed by atoms with Crippen LogP contribution in [0, 0.1) is 0 Å². The maximum atomic E-state index is 12.0. The van der Waals surface area contributed by atoms with Crippen LogP contribution in [0.2, 0.25) is 0 Å². The summed E-state index contributed by atoms with van der Waals surface area (Å²) in [5.74, 6) is -0.191. The molecular weight excluding hydrogens is 278 g/mol. The number of carbonyl (C=O) groups is 1. The van der Waals surface area contributed by atoms with Gasteiger partial charge in [-0.2, -0.15) is 0 Å². The Labute approximate surface area is 128 Å². The molecule has 0 aliphatic carbocycles. The molecule has 1 aromatic heterocycles. The van der Waals surface area contributed by atoms with Gasteiger partial charge in [0.1, 0.15) is 6.33 Å². The van der Waals surface area contributed by atoms with E-state index >= 15 is 0 Å². The maximum absolute atomic E-state index is 12.0. The van der Waals surface area contributed by atoms with Gasteiger partial charge < -0.3 is 10.4 Å². The molecule has 1 amide bonds. The second-order valence-corrected chi connectivity index (χ2v) is 5.21. The van der Waals surface area contributed by atoms with Gasteiger partial charge in [-0.05, 0) is 43.3 Å². The number of hydrogen-bond donors (Lipinski definition) is 2. The van der Waals surface area contributed by atoms with Crippen LogP contribution in [-0.2, 0) is 0 Å². The third-order valence-electron chi connectivity index (χ3n) is 3.51. The Morgan fingerprint density at radius 3 is 2.68 bits per heavy atom. The number of fused-ring (bicyclic) bond motifs is 1. The molecule has 0 fully saturated rings. The Kier molecular flexibility index (Phi) is 3.89. The van der Waals surface area contributed by atoms with Crippen molar-refractivity contribution in [1.29, 1.82) is 0 Å². The van der Waals surface area contributed by atoms with E-state index in [0.29, 0.717) is 5.56 Å². The summed E-state index contributed by atoms with van der Waals surface area (Å²) in [5, 5.41) is 11.7. The molecule has 0 radical (unpaired) electrons. The van der Waals surface area contributed by atoms with Gasteiger partial charge in [0.2, 0.25) is 0 Å². The number of hydrogen-bond acceptors (Lipinski definition) is 3. The number of amides is 1. The van der Waals surface area contributed by atoms with Crippen LogP contribution in [0.3, 0.4) is 0 Å². The number of aromatic nitrogens is 2. The average molecular weight is 295 g/mol. The van der Waals surface area contributed by atoms with E-state index in [1.807, 2.05) is 41.0 Å². The zero-order valence-corrected chi connectivity index (χ0v) is 12.2. The van der Waals surface area contributed by atoms with Crippen LogP contribution in [0.1, 0.15) is 17.3 Å². The van der Waals surface area contributed by atoms with Crippen molar-refractivity contribution in [1.82, 2.24) is 14.9 Å². The number of nitrogens with one attached hydrogen (secondary N) is 1. The average Bonchev–Trinajstić information content (AvgIpc) is 2.99. The fourth-order valence-corrected chi connectivity index (χ4v) is 2.29. The van der Waals surface area contributed by atoms with Gasteiger partial charge in [0, 0.05) is 17.3 Å². The smallest absolute Gasteiger partial charge is 0.251 e. The Bertz CT molecular complexity index is 793. The predicted molar refractivity (Wildman–Crippen MR) is 85.1 cm³/mol. The molecule has 0 bridgehead atoms. The van der Waals surface area contributed by atoms with Gasteiger partial charge >= 0.3 is 0 Å². The minimum Gasteiger partial charge on any atom is -0.394 e. The van der Waals surface area contributed by atoms with Crippen LogP contribution in [-0.4, -0.2) is 33.2 Å². The van der Waals surface area contributed by atoms with Crippen LogP contribution in [0.4, 0.5) is 0 Å². The highest BCUT2D eigenvalue weighted by Crippen LogP contribution is 2.18. The van der Waals surface area contributed by atoms with E-state index in [0.717, 1.165) is 16.7 Å². The standard InChI is InChI=1S/C17H17N3O2/c1-12(10-21)19-17(22)13-6-8-14(9-7-13)20-11-18-15-4-2-3-5-16(15)20/h2-9,11-12,21H,10H2,1H3,(H,19,22). The second kappa shape index (κ2) is 5.99. The van der Waals surface area contributed by atoms with Crippen LogP contribution in [0.5, 0.6) is 0 Å². The second-order valence-electron chi connectivity index (χ2n) is 5.21. The third-order valence-corrected chi connectivity index (χ3v) is 3.51. The predicted octanol–water partition coefficient (Wildman–Crippen LogP) is 2.14. The Morgan fingerprint density at radius 1 is 1.23 bits per heavy atom. The normalized spacial score (nSPS) is 12.3. The summed E-state index contributed by atoms with van der Waals surface area (Å²) in [6.07, 6.45) is 1.77. The van der Waals surface area contributed by atoms with E-state index in [1.54, 1.807) is 25.4 Å². The van der Waals surface area contributed by atoms with E-state index in [-0.39, 0.29) is 18.6 Å². The zero-order chi connectivity index (χ0) is 15.5. The number of rotatable bonds is 4. The van der Waals surface area contributed by atoms with Crippen molar-refractivity contribution in [3.63, 3.8) is 0 Å². The first-order chi connectivity index (χ1) is 10.7. The molecule has 5 heteroatoms. The van der Waals surface area contributed by atoms with Crippen LogP contribution < -0.4 is 5.32 Å². The van der Waals surface area contributed by atoms with Crippen LogP contribution in [0.15, 0.2) is 54.9 Å². The first kappa shape index (κ1) is 14.3. The van der Waals surface area contributed by atoms with Gasteiger partial charge in [-0.1, -0.05) is 12.1 Å². The molecule has 5 nitrogen and oxygen atoms in total. The topological polar surface area (TPSA) is 67.2 Å². The lowest BCUT2D eigenvalue weighted by Crippen LogP contribution is -2.34. The van der Waals surface area contributed by atoms with E-state index in [9.17, 15) is 4.79 Å². The SMILES string of the molecule is CC(CO)NC(=O)c1ccc(-n2cnc3ccccc32)cc1. The number of imidazole rings is 1. The summed E-state index contributed by atoms with van der Waals surface area (Å²) in [6, 6.07) is 14.9. The lowest BCUT2D eigenvalue weighted by molar-refractivity contribution is 0.0922. The number of aliphatic hydroxyl groups is 1. The molecule has 0 spiro atoms. The summed E-state index contributed by atoms with van der Waals surface area (Å²) >= 11 is 0. The van der Waals surface area contributed by atoms with Gasteiger partial charge in [0.15, 0.2) is 0 Å². The highest BCUT2D eigenvalue weighted by molar-refractivity contribution is 5.94. The molecule has 3 rings (SSSR count). The number of nitrogens with zero attached hydrogens (tertiary/aromatic N) is 2. The number of aliphatic hydroxyl groups excluding tert-OH is 1. The van der Waals surface area contributed by atoms with Crippen molar-refractivity contribution in [2.24, 2.45) is 0 Å². The number of para-hydroxylation sites is 2. The third kappa shape index (κ3) is 2.71. The summed E-state index contributed by atoms with van der Waals surface area (Å²) in [4.78, 5) is 16.3. The number of benzene rings is 2. The lowest BCUT2D eigenvalue weighted by Gasteiger charge is -2.11. The summed E-state index contributed by atoms with van der Waals surface area (Å²) in [7, 11) is 0. The maximum Gasteiger partial charge on any atom is 0.251 e. The molecular formula is C17H17N3O2. The minimum absolute atomic E-state index is 0.0785. The van der Waals surface area contributed by atoms with Gasteiger partial charge in [-0.3, -0.25) is 9.36 Å². The van der Waals surface area contributed by atoms with Crippen LogP contribution >= 0.6 is 0 Å². The van der Waals surface area contributed by atoms with Crippen molar-refractivity contribution in [3.8, 4) is 5.69 Å². The quantitative estimate of drug-likeness (QED) is 0.775. The van der Waals surface area contributed by atoms with E-state index in [1.165, 1.54) is 0 Å². The number of carbonyl (C=O) groups excluding carboxylic acids is 1.